The Morgan fingerprint density at radius 3 is 2.67 bits per heavy atom. The highest BCUT2D eigenvalue weighted by Gasteiger charge is 2.32. The van der Waals surface area contributed by atoms with Crippen LogP contribution < -0.4 is 5.32 Å². The third-order valence-electron chi connectivity index (χ3n) is 5.65. The van der Waals surface area contributed by atoms with Crippen LogP contribution in [0.1, 0.15) is 29.6 Å². The zero-order valence-electron chi connectivity index (χ0n) is 14.9. The van der Waals surface area contributed by atoms with Gasteiger partial charge in [0.15, 0.2) is 0 Å². The minimum atomic E-state index is 0. The van der Waals surface area contributed by atoms with Crippen LogP contribution in [-0.2, 0) is 0 Å². The lowest BCUT2D eigenvalue weighted by atomic mass is 9.99. The predicted molar refractivity (Wildman–Crippen MR) is 114 cm³/mol. The van der Waals surface area contributed by atoms with E-state index in [-0.39, 0.29) is 30.7 Å². The van der Waals surface area contributed by atoms with E-state index >= 15 is 0 Å². The molecule has 4 nitrogen and oxygen atoms in total. The third kappa shape index (κ3) is 3.49. The number of amides is 1. The molecule has 2 saturated heterocycles. The monoisotopic (exact) mass is 403 g/mol. The summed E-state index contributed by atoms with van der Waals surface area (Å²) in [5.74, 6) is 0.115. The number of aromatic nitrogens is 1. The summed E-state index contributed by atoms with van der Waals surface area (Å²) < 4.78 is 0. The van der Waals surface area contributed by atoms with Crippen molar-refractivity contribution in [3.05, 3.63) is 54.2 Å². The van der Waals surface area contributed by atoms with Crippen LogP contribution in [0.15, 0.2) is 48.7 Å². The lowest BCUT2D eigenvalue weighted by molar-refractivity contribution is 0.0750. The Kier molecular flexibility index (Phi) is 5.89. The Morgan fingerprint density at radius 2 is 1.78 bits per heavy atom. The number of nitrogens with one attached hydrogen (secondary N) is 1. The van der Waals surface area contributed by atoms with Crippen LogP contribution in [0.25, 0.3) is 21.7 Å². The molecule has 0 spiro atoms. The van der Waals surface area contributed by atoms with E-state index in [0.717, 1.165) is 46.7 Å². The van der Waals surface area contributed by atoms with Crippen LogP contribution >= 0.6 is 24.8 Å². The van der Waals surface area contributed by atoms with E-state index in [1.165, 1.54) is 12.8 Å². The molecule has 0 saturated carbocycles. The molecule has 27 heavy (non-hydrogen) atoms. The van der Waals surface area contributed by atoms with Gasteiger partial charge < -0.3 is 10.2 Å². The molecule has 2 fully saturated rings. The molecule has 2 unspecified atom stereocenters. The fraction of sp³-hybridized carbons (Fsp3) is 0.333. The summed E-state index contributed by atoms with van der Waals surface area (Å²) in [5.41, 5.74) is 1.54. The largest absolute Gasteiger partial charge is 0.337 e. The SMILES string of the molecule is Cl.Cl.O=C(c1cc2ccccc2c2cccnc12)N1CCC2CCC(C1)N2. The second-order valence-electron chi connectivity index (χ2n) is 7.22. The van der Waals surface area contributed by atoms with E-state index in [1.54, 1.807) is 6.20 Å². The fourth-order valence-corrected chi connectivity index (χ4v) is 4.39. The summed E-state index contributed by atoms with van der Waals surface area (Å²) >= 11 is 0. The number of hydrogen-bond acceptors (Lipinski definition) is 3. The van der Waals surface area contributed by atoms with Gasteiger partial charge in [0.1, 0.15) is 0 Å². The molecule has 2 atom stereocenters. The van der Waals surface area contributed by atoms with Crippen molar-refractivity contribution in [1.82, 2.24) is 15.2 Å². The molecule has 0 aliphatic carbocycles. The highest BCUT2D eigenvalue weighted by molar-refractivity contribution is 6.15. The second kappa shape index (κ2) is 8.01. The Hall–Kier alpha value is -1.88. The number of hydrogen-bond donors (Lipinski definition) is 1. The lowest BCUT2D eigenvalue weighted by Gasteiger charge is -2.25. The summed E-state index contributed by atoms with van der Waals surface area (Å²) in [5, 5.41) is 6.95. The van der Waals surface area contributed by atoms with Crippen LogP contribution in [0.4, 0.5) is 0 Å². The van der Waals surface area contributed by atoms with Crippen molar-refractivity contribution in [2.75, 3.05) is 13.1 Å². The molecular formula is C21H23Cl2N3O. The van der Waals surface area contributed by atoms with Gasteiger partial charge in [0.25, 0.3) is 5.91 Å². The molecule has 5 rings (SSSR count). The van der Waals surface area contributed by atoms with Crippen molar-refractivity contribution in [3.63, 3.8) is 0 Å². The number of fused-ring (bicyclic) bond motifs is 5. The van der Waals surface area contributed by atoms with Crippen LogP contribution in [0, 0.1) is 0 Å². The van der Waals surface area contributed by atoms with Crippen LogP contribution in [0.3, 0.4) is 0 Å². The maximum atomic E-state index is 13.3. The van der Waals surface area contributed by atoms with E-state index in [1.807, 2.05) is 29.2 Å². The normalized spacial score (nSPS) is 21.4. The molecule has 6 heteroatoms. The van der Waals surface area contributed by atoms with Gasteiger partial charge in [0.05, 0.1) is 11.1 Å². The zero-order valence-corrected chi connectivity index (χ0v) is 16.6. The van der Waals surface area contributed by atoms with E-state index in [0.29, 0.717) is 12.1 Å². The number of pyridine rings is 1. The lowest BCUT2D eigenvalue weighted by Crippen LogP contribution is -2.39. The summed E-state index contributed by atoms with van der Waals surface area (Å²) in [7, 11) is 0. The van der Waals surface area contributed by atoms with Crippen molar-refractivity contribution in [2.24, 2.45) is 0 Å². The fourth-order valence-electron chi connectivity index (χ4n) is 4.39. The zero-order chi connectivity index (χ0) is 16.8. The quantitative estimate of drug-likeness (QED) is 0.619. The van der Waals surface area contributed by atoms with E-state index in [4.69, 9.17) is 0 Å². The number of halogens is 2. The van der Waals surface area contributed by atoms with E-state index in [9.17, 15) is 4.79 Å². The average molecular weight is 404 g/mol. The second-order valence-corrected chi connectivity index (χ2v) is 7.22. The summed E-state index contributed by atoms with van der Waals surface area (Å²) in [6.07, 6.45) is 5.24. The van der Waals surface area contributed by atoms with Gasteiger partial charge in [0, 0.05) is 36.8 Å². The molecule has 1 aromatic heterocycles. The number of rotatable bonds is 1. The van der Waals surface area contributed by atoms with Gasteiger partial charge in [-0.15, -0.1) is 24.8 Å². The van der Waals surface area contributed by atoms with Gasteiger partial charge in [-0.2, -0.15) is 0 Å². The molecule has 1 N–H and O–H groups in total. The standard InChI is InChI=1S/C21H21N3O.2ClH/c25-21(24-11-9-15-7-8-16(13-24)23-15)19-12-14-4-1-2-5-17(14)18-6-3-10-22-20(18)19;;/h1-6,10,12,15-16,23H,7-9,11,13H2;2*1H. The van der Waals surface area contributed by atoms with Crippen molar-refractivity contribution < 1.29 is 4.79 Å². The van der Waals surface area contributed by atoms with Gasteiger partial charge in [-0.3, -0.25) is 9.78 Å². The first-order valence-corrected chi connectivity index (χ1v) is 9.11. The Bertz CT molecular complexity index is 978. The summed E-state index contributed by atoms with van der Waals surface area (Å²) in [4.78, 5) is 19.9. The number of likely N-dealkylation sites (tertiary alicyclic amines) is 1. The van der Waals surface area contributed by atoms with Crippen LogP contribution in [0.2, 0.25) is 0 Å². The van der Waals surface area contributed by atoms with Gasteiger partial charge in [-0.25, -0.2) is 0 Å². The summed E-state index contributed by atoms with van der Waals surface area (Å²) in [6, 6.07) is 15.3. The molecule has 2 aromatic carbocycles. The first kappa shape index (κ1) is 19.9. The Morgan fingerprint density at radius 1 is 1.00 bits per heavy atom. The van der Waals surface area contributed by atoms with Crippen molar-refractivity contribution in [3.8, 4) is 0 Å². The topological polar surface area (TPSA) is 45.2 Å². The maximum absolute atomic E-state index is 13.3. The number of carbonyl (C=O) groups excluding carboxylic acids is 1. The maximum Gasteiger partial charge on any atom is 0.256 e. The van der Waals surface area contributed by atoms with Gasteiger partial charge in [-0.05, 0) is 42.2 Å². The molecule has 142 valence electrons. The molecule has 1 amide bonds. The first-order valence-electron chi connectivity index (χ1n) is 9.11. The Balaban J connectivity index is 0.00000105. The smallest absolute Gasteiger partial charge is 0.256 e. The third-order valence-corrected chi connectivity index (χ3v) is 5.65. The minimum absolute atomic E-state index is 0. The number of nitrogens with zero attached hydrogens (tertiary/aromatic N) is 2. The molecular weight excluding hydrogens is 381 g/mol. The van der Waals surface area contributed by atoms with E-state index < -0.39 is 0 Å². The van der Waals surface area contributed by atoms with Gasteiger partial charge >= 0.3 is 0 Å². The van der Waals surface area contributed by atoms with Gasteiger partial charge in [-0.1, -0.05) is 30.3 Å². The Labute approximate surface area is 171 Å². The number of benzene rings is 2. The minimum Gasteiger partial charge on any atom is -0.337 e. The predicted octanol–water partition coefficient (Wildman–Crippen LogP) is 4.20. The molecule has 3 heterocycles. The number of carbonyl (C=O) groups is 1. The molecule has 2 bridgehead atoms. The van der Waals surface area contributed by atoms with Gasteiger partial charge in [0.2, 0.25) is 0 Å². The van der Waals surface area contributed by atoms with Crippen molar-refractivity contribution in [2.45, 2.75) is 31.3 Å². The molecule has 2 aliphatic rings. The molecule has 2 aliphatic heterocycles. The van der Waals surface area contributed by atoms with Crippen molar-refractivity contribution >= 4 is 52.4 Å². The van der Waals surface area contributed by atoms with E-state index in [2.05, 4.69) is 28.5 Å². The van der Waals surface area contributed by atoms with Crippen LogP contribution in [-0.4, -0.2) is 41.0 Å². The van der Waals surface area contributed by atoms with Crippen molar-refractivity contribution in [1.29, 1.82) is 0 Å². The first-order chi connectivity index (χ1) is 12.3. The highest BCUT2D eigenvalue weighted by Crippen LogP contribution is 2.29. The average Bonchev–Trinajstić information content (AvgIpc) is 2.99. The van der Waals surface area contributed by atoms with Crippen LogP contribution in [0.5, 0.6) is 0 Å². The highest BCUT2D eigenvalue weighted by atomic mass is 35.5. The summed E-state index contributed by atoms with van der Waals surface area (Å²) in [6.45, 7) is 1.63. The molecule has 3 aromatic rings. The molecule has 0 radical (unpaired) electrons.